The highest BCUT2D eigenvalue weighted by molar-refractivity contribution is 6.30. The van der Waals surface area contributed by atoms with E-state index >= 15 is 0 Å². The van der Waals surface area contributed by atoms with Crippen LogP contribution in [-0.2, 0) is 9.59 Å². The van der Waals surface area contributed by atoms with Crippen LogP contribution in [0, 0.1) is 18.8 Å². The number of nitrogens with one attached hydrogen (secondary N) is 1. The minimum atomic E-state index is -0.884. The van der Waals surface area contributed by atoms with Crippen LogP contribution in [0.1, 0.15) is 24.8 Å². The van der Waals surface area contributed by atoms with Crippen molar-refractivity contribution in [3.63, 3.8) is 0 Å². The Morgan fingerprint density at radius 3 is 2.63 bits per heavy atom. The number of carbonyl (C=O) groups excluding carboxylic acids is 1. The number of carboxylic acids is 1. The van der Waals surface area contributed by atoms with Gasteiger partial charge in [-0.05, 0) is 43.5 Å². The Bertz CT molecular complexity index is 515. The first kappa shape index (κ1) is 13.9. The highest BCUT2D eigenvalue weighted by Crippen LogP contribution is 2.33. The molecule has 0 saturated heterocycles. The first-order chi connectivity index (χ1) is 8.99. The molecule has 0 radical (unpaired) electrons. The second-order valence-corrected chi connectivity index (χ2v) is 5.37. The number of rotatable bonds is 3. The van der Waals surface area contributed by atoms with Crippen LogP contribution in [0.3, 0.4) is 0 Å². The molecule has 0 bridgehead atoms. The quantitative estimate of drug-likeness (QED) is 0.895. The summed E-state index contributed by atoms with van der Waals surface area (Å²) < 4.78 is 0. The number of hydrogen-bond acceptors (Lipinski definition) is 2. The summed E-state index contributed by atoms with van der Waals surface area (Å²) in [6.45, 7) is 1.85. The molecule has 1 fully saturated rings. The number of carboxylic acid groups (broad SMARTS) is 1. The van der Waals surface area contributed by atoms with Crippen LogP contribution >= 0.6 is 11.6 Å². The number of halogens is 1. The summed E-state index contributed by atoms with van der Waals surface area (Å²) in [7, 11) is 0. The van der Waals surface area contributed by atoms with E-state index < -0.39 is 17.8 Å². The summed E-state index contributed by atoms with van der Waals surface area (Å²) in [5.74, 6) is -2.10. The zero-order valence-corrected chi connectivity index (χ0v) is 11.4. The molecule has 0 aromatic heterocycles. The van der Waals surface area contributed by atoms with Crippen molar-refractivity contribution in [3.05, 3.63) is 28.8 Å². The third-order valence-electron chi connectivity index (χ3n) is 3.62. The number of carbonyl (C=O) groups is 2. The molecule has 1 saturated carbocycles. The summed E-state index contributed by atoms with van der Waals surface area (Å²) in [5.41, 5.74) is 1.55. The van der Waals surface area contributed by atoms with Crippen molar-refractivity contribution in [2.75, 3.05) is 5.32 Å². The summed E-state index contributed by atoms with van der Waals surface area (Å²) >= 11 is 5.85. The van der Waals surface area contributed by atoms with Crippen LogP contribution < -0.4 is 5.32 Å². The number of amides is 1. The number of hydrogen-bond donors (Lipinski definition) is 2. The minimum absolute atomic E-state index is 0.213. The van der Waals surface area contributed by atoms with Gasteiger partial charge >= 0.3 is 5.97 Å². The van der Waals surface area contributed by atoms with Crippen LogP contribution in [0.4, 0.5) is 5.69 Å². The van der Waals surface area contributed by atoms with E-state index in [4.69, 9.17) is 16.7 Å². The molecule has 5 heteroatoms. The van der Waals surface area contributed by atoms with Crippen LogP contribution in [-0.4, -0.2) is 17.0 Å². The standard InChI is InChI=1S/C14H16ClNO3/c1-8-7-9(15)5-6-12(8)16-13(17)10-3-2-4-11(10)14(18)19/h5-7,10-11H,2-4H2,1H3,(H,16,17)(H,18,19)/t10-,11+/m1/s1. The van der Waals surface area contributed by atoms with Gasteiger partial charge in [-0.25, -0.2) is 0 Å². The average Bonchev–Trinajstić information content (AvgIpc) is 2.82. The number of aryl methyl sites for hydroxylation is 1. The molecular weight excluding hydrogens is 266 g/mol. The molecule has 0 heterocycles. The molecule has 1 aliphatic rings. The van der Waals surface area contributed by atoms with E-state index in [0.717, 1.165) is 12.0 Å². The lowest BCUT2D eigenvalue weighted by Gasteiger charge is -2.16. The van der Waals surface area contributed by atoms with Gasteiger partial charge in [0.25, 0.3) is 0 Å². The van der Waals surface area contributed by atoms with Crippen molar-refractivity contribution >= 4 is 29.2 Å². The Kier molecular flexibility index (Phi) is 4.10. The van der Waals surface area contributed by atoms with E-state index in [2.05, 4.69) is 5.32 Å². The SMILES string of the molecule is Cc1cc(Cl)ccc1NC(=O)[C@@H]1CCC[C@@H]1C(=O)O. The molecule has 0 spiro atoms. The van der Waals surface area contributed by atoms with Crippen LogP contribution in [0.5, 0.6) is 0 Å². The molecule has 102 valence electrons. The van der Waals surface area contributed by atoms with Crippen molar-refractivity contribution in [1.29, 1.82) is 0 Å². The van der Waals surface area contributed by atoms with Gasteiger partial charge in [-0.3, -0.25) is 9.59 Å². The first-order valence-electron chi connectivity index (χ1n) is 6.29. The molecule has 2 rings (SSSR count). The van der Waals surface area contributed by atoms with Gasteiger partial charge in [0.05, 0.1) is 11.8 Å². The second-order valence-electron chi connectivity index (χ2n) is 4.93. The highest BCUT2D eigenvalue weighted by Gasteiger charge is 2.37. The van der Waals surface area contributed by atoms with Gasteiger partial charge in [-0.15, -0.1) is 0 Å². The number of benzene rings is 1. The summed E-state index contributed by atoms with van der Waals surface area (Å²) in [6, 6.07) is 5.20. The average molecular weight is 282 g/mol. The summed E-state index contributed by atoms with van der Waals surface area (Å²) in [5, 5.41) is 12.5. The van der Waals surface area contributed by atoms with E-state index in [1.165, 1.54) is 0 Å². The minimum Gasteiger partial charge on any atom is -0.481 e. The smallest absolute Gasteiger partial charge is 0.307 e. The molecule has 2 N–H and O–H groups in total. The zero-order valence-electron chi connectivity index (χ0n) is 10.6. The lowest BCUT2D eigenvalue weighted by Crippen LogP contribution is -2.30. The van der Waals surface area contributed by atoms with Crippen LogP contribution in [0.15, 0.2) is 18.2 Å². The van der Waals surface area contributed by atoms with Gasteiger partial charge in [0.1, 0.15) is 0 Å². The third-order valence-corrected chi connectivity index (χ3v) is 3.85. The van der Waals surface area contributed by atoms with Crippen molar-refractivity contribution in [2.24, 2.45) is 11.8 Å². The van der Waals surface area contributed by atoms with Gasteiger partial charge in [-0.1, -0.05) is 18.0 Å². The maximum absolute atomic E-state index is 12.2. The van der Waals surface area contributed by atoms with E-state index in [-0.39, 0.29) is 5.91 Å². The largest absolute Gasteiger partial charge is 0.481 e. The maximum Gasteiger partial charge on any atom is 0.307 e. The zero-order chi connectivity index (χ0) is 14.0. The highest BCUT2D eigenvalue weighted by atomic mass is 35.5. The molecule has 0 aliphatic heterocycles. The first-order valence-corrected chi connectivity index (χ1v) is 6.66. The second kappa shape index (κ2) is 5.61. The lowest BCUT2D eigenvalue weighted by atomic mass is 9.95. The number of aliphatic carboxylic acids is 1. The predicted octanol–water partition coefficient (Wildman–Crippen LogP) is 3.09. The molecule has 1 aliphatic carbocycles. The van der Waals surface area contributed by atoms with Crippen molar-refractivity contribution in [2.45, 2.75) is 26.2 Å². The van der Waals surface area contributed by atoms with E-state index in [1.807, 2.05) is 6.92 Å². The van der Waals surface area contributed by atoms with Crippen molar-refractivity contribution < 1.29 is 14.7 Å². The number of anilines is 1. The van der Waals surface area contributed by atoms with Gasteiger partial charge in [0.2, 0.25) is 5.91 Å². The van der Waals surface area contributed by atoms with Crippen LogP contribution in [0.2, 0.25) is 5.02 Å². The molecular formula is C14H16ClNO3. The van der Waals surface area contributed by atoms with E-state index in [0.29, 0.717) is 23.6 Å². The predicted molar refractivity (Wildman–Crippen MR) is 73.3 cm³/mol. The Morgan fingerprint density at radius 2 is 2.00 bits per heavy atom. The third kappa shape index (κ3) is 3.07. The maximum atomic E-state index is 12.2. The monoisotopic (exact) mass is 281 g/mol. The van der Waals surface area contributed by atoms with Crippen molar-refractivity contribution in [1.82, 2.24) is 0 Å². The molecule has 1 amide bonds. The summed E-state index contributed by atoms with van der Waals surface area (Å²) in [4.78, 5) is 23.2. The Balaban J connectivity index is 2.10. The van der Waals surface area contributed by atoms with E-state index in [9.17, 15) is 9.59 Å². The Hall–Kier alpha value is -1.55. The van der Waals surface area contributed by atoms with Crippen molar-refractivity contribution in [3.8, 4) is 0 Å². The molecule has 19 heavy (non-hydrogen) atoms. The Labute approximate surface area is 116 Å². The topological polar surface area (TPSA) is 66.4 Å². The van der Waals surface area contributed by atoms with Gasteiger partial charge < -0.3 is 10.4 Å². The van der Waals surface area contributed by atoms with Gasteiger partial charge in [0, 0.05) is 10.7 Å². The molecule has 1 aromatic rings. The summed E-state index contributed by atoms with van der Waals surface area (Å²) in [6.07, 6.45) is 2.00. The van der Waals surface area contributed by atoms with E-state index in [1.54, 1.807) is 18.2 Å². The van der Waals surface area contributed by atoms with Crippen LogP contribution in [0.25, 0.3) is 0 Å². The molecule has 0 unspecified atom stereocenters. The fourth-order valence-corrected chi connectivity index (χ4v) is 2.79. The normalized spacial score (nSPS) is 22.2. The molecule has 2 atom stereocenters. The molecule has 1 aromatic carbocycles. The molecule has 4 nitrogen and oxygen atoms in total. The lowest BCUT2D eigenvalue weighted by molar-refractivity contribution is -0.145. The Morgan fingerprint density at radius 1 is 1.32 bits per heavy atom. The fourth-order valence-electron chi connectivity index (χ4n) is 2.56. The fraction of sp³-hybridized carbons (Fsp3) is 0.429. The van der Waals surface area contributed by atoms with Gasteiger partial charge in [-0.2, -0.15) is 0 Å². The van der Waals surface area contributed by atoms with Gasteiger partial charge in [0.15, 0.2) is 0 Å².